The van der Waals surface area contributed by atoms with Gasteiger partial charge >= 0.3 is 11.8 Å². The molecule has 0 aliphatic heterocycles. The van der Waals surface area contributed by atoms with Crippen molar-refractivity contribution in [2.24, 2.45) is 13.0 Å². The first kappa shape index (κ1) is 15.7. The maximum atomic E-state index is 12.1. The van der Waals surface area contributed by atoms with Crippen LogP contribution in [0.25, 0.3) is 0 Å². The van der Waals surface area contributed by atoms with Crippen LogP contribution in [0.5, 0.6) is 0 Å². The summed E-state index contributed by atoms with van der Waals surface area (Å²) in [6.07, 6.45) is -0.198. The maximum absolute atomic E-state index is 12.1. The second kappa shape index (κ2) is 6.18. The van der Waals surface area contributed by atoms with Gasteiger partial charge in [-0.15, -0.1) is 0 Å². The van der Waals surface area contributed by atoms with E-state index >= 15 is 0 Å². The summed E-state index contributed by atoms with van der Waals surface area (Å²) in [5.74, 6) is -1.80. The van der Waals surface area contributed by atoms with Crippen molar-refractivity contribution in [2.75, 3.05) is 0 Å². The predicted octanol–water partition coefficient (Wildman–Crippen LogP) is 1.16. The van der Waals surface area contributed by atoms with E-state index in [1.54, 1.807) is 13.8 Å². The SMILES string of the molecule is CC(C)C(CC(=O)O)NC(=O)c1ccc([N+](=O)[O-])n1C. The quantitative estimate of drug-likeness (QED) is 0.600. The van der Waals surface area contributed by atoms with Gasteiger partial charge in [0, 0.05) is 12.1 Å². The van der Waals surface area contributed by atoms with Crippen LogP contribution in [-0.2, 0) is 11.8 Å². The van der Waals surface area contributed by atoms with Crippen LogP contribution in [0.3, 0.4) is 0 Å². The van der Waals surface area contributed by atoms with Gasteiger partial charge in [0.1, 0.15) is 0 Å². The summed E-state index contributed by atoms with van der Waals surface area (Å²) < 4.78 is 1.16. The number of carbonyl (C=O) groups is 2. The van der Waals surface area contributed by atoms with Crippen molar-refractivity contribution >= 4 is 17.7 Å². The van der Waals surface area contributed by atoms with E-state index in [1.807, 2.05) is 0 Å². The van der Waals surface area contributed by atoms with Gasteiger partial charge in [-0.3, -0.25) is 9.59 Å². The molecule has 110 valence electrons. The molecule has 1 amide bonds. The van der Waals surface area contributed by atoms with Crippen molar-refractivity contribution in [2.45, 2.75) is 26.3 Å². The number of carboxylic acid groups (broad SMARTS) is 1. The van der Waals surface area contributed by atoms with Crippen molar-refractivity contribution in [3.63, 3.8) is 0 Å². The highest BCUT2D eigenvalue weighted by Crippen LogP contribution is 2.16. The summed E-state index contributed by atoms with van der Waals surface area (Å²) in [6, 6.07) is 2.04. The van der Waals surface area contributed by atoms with Gasteiger partial charge < -0.3 is 20.5 Å². The maximum Gasteiger partial charge on any atom is 0.323 e. The van der Waals surface area contributed by atoms with Crippen LogP contribution in [0, 0.1) is 16.0 Å². The van der Waals surface area contributed by atoms with Crippen molar-refractivity contribution in [1.29, 1.82) is 0 Å². The zero-order valence-electron chi connectivity index (χ0n) is 11.5. The molecule has 1 atom stereocenters. The molecular weight excluding hydrogens is 266 g/mol. The largest absolute Gasteiger partial charge is 0.481 e. The molecule has 1 rings (SSSR count). The van der Waals surface area contributed by atoms with Gasteiger partial charge in [-0.25, -0.2) is 4.57 Å². The smallest absolute Gasteiger partial charge is 0.323 e. The molecule has 0 aliphatic carbocycles. The summed E-state index contributed by atoms with van der Waals surface area (Å²) in [5.41, 5.74) is 0.118. The van der Waals surface area contributed by atoms with E-state index in [4.69, 9.17) is 5.11 Å². The summed E-state index contributed by atoms with van der Waals surface area (Å²) in [7, 11) is 1.41. The van der Waals surface area contributed by atoms with Crippen LogP contribution in [0.4, 0.5) is 5.82 Å². The van der Waals surface area contributed by atoms with E-state index < -0.39 is 22.8 Å². The summed E-state index contributed by atoms with van der Waals surface area (Å²) in [6.45, 7) is 3.59. The van der Waals surface area contributed by atoms with Gasteiger partial charge in [-0.05, 0) is 16.9 Å². The Balaban J connectivity index is 2.89. The number of hydrogen-bond donors (Lipinski definition) is 2. The van der Waals surface area contributed by atoms with Crippen LogP contribution < -0.4 is 5.32 Å². The van der Waals surface area contributed by atoms with Crippen molar-refractivity contribution in [3.05, 3.63) is 27.9 Å². The highest BCUT2D eigenvalue weighted by Gasteiger charge is 2.25. The lowest BCUT2D eigenvalue weighted by atomic mass is 10.0. The highest BCUT2D eigenvalue weighted by atomic mass is 16.6. The van der Waals surface area contributed by atoms with Crippen molar-refractivity contribution < 1.29 is 19.6 Å². The second-order valence-electron chi connectivity index (χ2n) is 4.81. The fraction of sp³-hybridized carbons (Fsp3) is 0.500. The van der Waals surface area contributed by atoms with E-state index in [2.05, 4.69) is 5.32 Å². The lowest BCUT2D eigenvalue weighted by Crippen LogP contribution is -2.40. The first-order chi connectivity index (χ1) is 9.23. The van der Waals surface area contributed by atoms with Crippen molar-refractivity contribution in [1.82, 2.24) is 9.88 Å². The molecule has 8 nitrogen and oxygen atoms in total. The minimum atomic E-state index is -1.01. The average molecular weight is 283 g/mol. The lowest BCUT2D eigenvalue weighted by molar-refractivity contribution is -0.391. The molecule has 1 heterocycles. The number of aliphatic carboxylic acids is 1. The number of nitro groups is 1. The molecule has 1 aromatic heterocycles. The zero-order valence-corrected chi connectivity index (χ0v) is 11.5. The standard InChI is InChI=1S/C12H17N3O5/c1-7(2)8(6-11(16)17)13-12(18)9-4-5-10(14(9)3)15(19)20/h4-5,7-8H,6H2,1-3H3,(H,13,18)(H,16,17). The first-order valence-corrected chi connectivity index (χ1v) is 6.06. The summed E-state index contributed by atoms with van der Waals surface area (Å²) in [5, 5.41) is 22.1. The highest BCUT2D eigenvalue weighted by molar-refractivity contribution is 5.93. The Labute approximate surface area is 115 Å². The fourth-order valence-corrected chi connectivity index (χ4v) is 1.80. The molecule has 2 N–H and O–H groups in total. The number of carboxylic acids is 1. The Kier molecular flexibility index (Phi) is 4.84. The second-order valence-corrected chi connectivity index (χ2v) is 4.81. The molecule has 0 saturated carbocycles. The normalized spacial score (nSPS) is 12.2. The van der Waals surface area contributed by atoms with E-state index in [1.165, 1.54) is 19.2 Å². The molecule has 1 aromatic rings. The van der Waals surface area contributed by atoms with Gasteiger partial charge in [0.25, 0.3) is 5.91 Å². The third-order valence-electron chi connectivity index (χ3n) is 3.03. The summed E-state index contributed by atoms with van der Waals surface area (Å²) in [4.78, 5) is 32.9. The van der Waals surface area contributed by atoms with Crippen LogP contribution in [0.1, 0.15) is 30.8 Å². The van der Waals surface area contributed by atoms with Crippen LogP contribution in [0.2, 0.25) is 0 Å². The molecular formula is C12H17N3O5. The molecule has 0 bridgehead atoms. The van der Waals surface area contributed by atoms with Gasteiger partial charge in [0.15, 0.2) is 5.69 Å². The Bertz CT molecular complexity index is 535. The van der Waals surface area contributed by atoms with Gasteiger partial charge in [0.2, 0.25) is 0 Å². The van der Waals surface area contributed by atoms with Gasteiger partial charge in [-0.1, -0.05) is 13.8 Å². The third-order valence-corrected chi connectivity index (χ3v) is 3.03. The zero-order chi connectivity index (χ0) is 15.4. The number of amides is 1. The minimum absolute atomic E-state index is 0.0645. The fourth-order valence-electron chi connectivity index (χ4n) is 1.80. The van der Waals surface area contributed by atoms with E-state index in [9.17, 15) is 19.7 Å². The first-order valence-electron chi connectivity index (χ1n) is 6.06. The lowest BCUT2D eigenvalue weighted by Gasteiger charge is -2.19. The molecule has 0 saturated heterocycles. The Morgan fingerprint density at radius 1 is 1.45 bits per heavy atom. The van der Waals surface area contributed by atoms with Crippen LogP contribution >= 0.6 is 0 Å². The number of carbonyl (C=O) groups excluding carboxylic acids is 1. The van der Waals surface area contributed by atoms with Crippen LogP contribution in [0.15, 0.2) is 12.1 Å². The van der Waals surface area contributed by atoms with Gasteiger partial charge in [-0.2, -0.15) is 0 Å². The number of aromatic nitrogens is 1. The number of rotatable bonds is 6. The Morgan fingerprint density at radius 3 is 2.45 bits per heavy atom. The van der Waals surface area contributed by atoms with E-state index in [0.29, 0.717) is 0 Å². The molecule has 0 spiro atoms. The monoisotopic (exact) mass is 283 g/mol. The number of hydrogen-bond acceptors (Lipinski definition) is 4. The number of nitrogens with one attached hydrogen (secondary N) is 1. The molecule has 20 heavy (non-hydrogen) atoms. The Hall–Kier alpha value is -2.38. The van der Waals surface area contributed by atoms with Crippen molar-refractivity contribution in [3.8, 4) is 0 Å². The van der Waals surface area contributed by atoms with Crippen LogP contribution in [-0.4, -0.2) is 32.5 Å². The molecule has 0 aromatic carbocycles. The van der Waals surface area contributed by atoms with E-state index in [-0.39, 0.29) is 23.9 Å². The predicted molar refractivity (Wildman–Crippen MR) is 70.4 cm³/mol. The molecule has 0 radical (unpaired) electrons. The third kappa shape index (κ3) is 3.56. The van der Waals surface area contributed by atoms with E-state index in [0.717, 1.165) is 4.57 Å². The molecule has 0 fully saturated rings. The minimum Gasteiger partial charge on any atom is -0.481 e. The number of nitrogens with zero attached hydrogens (tertiary/aromatic N) is 2. The topological polar surface area (TPSA) is 114 Å². The molecule has 1 unspecified atom stereocenters. The summed E-state index contributed by atoms with van der Waals surface area (Å²) >= 11 is 0. The Morgan fingerprint density at radius 2 is 2.05 bits per heavy atom. The average Bonchev–Trinajstić information content (AvgIpc) is 2.69. The molecule has 0 aliphatic rings. The molecule has 8 heteroatoms. The van der Waals surface area contributed by atoms with Gasteiger partial charge in [0.05, 0.1) is 13.5 Å².